The summed E-state index contributed by atoms with van der Waals surface area (Å²) >= 11 is 6.03. The summed E-state index contributed by atoms with van der Waals surface area (Å²) in [6.45, 7) is 8.46. The quantitative estimate of drug-likeness (QED) is 0.331. The molecule has 4 aromatic rings. The average molecular weight is 402 g/mol. The number of hydrogen-bond donors (Lipinski definition) is 0. The maximum Gasteiger partial charge on any atom is 0.0631 e. The van der Waals surface area contributed by atoms with E-state index < -0.39 is 0 Å². The van der Waals surface area contributed by atoms with Crippen LogP contribution in [0.4, 0.5) is 5.69 Å². The van der Waals surface area contributed by atoms with Gasteiger partial charge in [-0.3, -0.25) is 4.99 Å². The SMILES string of the molecule is Cc1ccc(C)n1-c1ccc(N=Cc2cc(C)n(-c3ccc(Cl)cc3)c2C)cc1. The van der Waals surface area contributed by atoms with Gasteiger partial charge in [-0.15, -0.1) is 0 Å². The Balaban J connectivity index is 1.60. The number of benzene rings is 2. The van der Waals surface area contributed by atoms with E-state index in [4.69, 9.17) is 16.6 Å². The molecule has 3 nitrogen and oxygen atoms in total. The van der Waals surface area contributed by atoms with Crippen LogP contribution < -0.4 is 0 Å². The Morgan fingerprint density at radius 1 is 0.690 bits per heavy atom. The number of nitrogens with zero attached hydrogens (tertiary/aromatic N) is 3. The molecule has 0 aliphatic heterocycles. The smallest absolute Gasteiger partial charge is 0.0631 e. The molecule has 0 saturated heterocycles. The van der Waals surface area contributed by atoms with Crippen LogP contribution in [0, 0.1) is 27.7 Å². The number of aryl methyl sites for hydroxylation is 3. The van der Waals surface area contributed by atoms with E-state index in [1.165, 1.54) is 17.1 Å². The number of aromatic nitrogens is 2. The van der Waals surface area contributed by atoms with E-state index in [9.17, 15) is 0 Å². The van der Waals surface area contributed by atoms with E-state index in [1.807, 2.05) is 30.5 Å². The highest BCUT2D eigenvalue weighted by Gasteiger charge is 2.09. The van der Waals surface area contributed by atoms with Crippen LogP contribution in [0.1, 0.15) is 28.3 Å². The Labute approximate surface area is 176 Å². The average Bonchev–Trinajstić information content (AvgIpc) is 3.19. The summed E-state index contributed by atoms with van der Waals surface area (Å²) in [6, 6.07) is 22.7. The minimum Gasteiger partial charge on any atom is -0.319 e. The van der Waals surface area contributed by atoms with Crippen LogP contribution in [0.15, 0.2) is 71.7 Å². The fraction of sp³-hybridized carbons (Fsp3) is 0.160. The van der Waals surface area contributed by atoms with Crippen molar-refractivity contribution in [3.63, 3.8) is 0 Å². The zero-order chi connectivity index (χ0) is 20.5. The van der Waals surface area contributed by atoms with E-state index in [0.717, 1.165) is 33.3 Å². The molecule has 2 aromatic carbocycles. The zero-order valence-electron chi connectivity index (χ0n) is 17.1. The molecule has 0 amide bonds. The predicted octanol–water partition coefficient (Wildman–Crippen LogP) is 6.91. The summed E-state index contributed by atoms with van der Waals surface area (Å²) < 4.78 is 4.46. The van der Waals surface area contributed by atoms with Crippen molar-refractivity contribution in [3.8, 4) is 11.4 Å². The van der Waals surface area contributed by atoms with E-state index in [0.29, 0.717) is 0 Å². The van der Waals surface area contributed by atoms with Gasteiger partial charge in [0.15, 0.2) is 0 Å². The van der Waals surface area contributed by atoms with Gasteiger partial charge in [0.25, 0.3) is 0 Å². The van der Waals surface area contributed by atoms with Gasteiger partial charge >= 0.3 is 0 Å². The largest absolute Gasteiger partial charge is 0.319 e. The Hall–Kier alpha value is -3.04. The fourth-order valence-electron chi connectivity index (χ4n) is 3.81. The third-order valence-corrected chi connectivity index (χ3v) is 5.54. The van der Waals surface area contributed by atoms with Crippen LogP contribution in [0.3, 0.4) is 0 Å². The third kappa shape index (κ3) is 3.79. The predicted molar refractivity (Wildman–Crippen MR) is 123 cm³/mol. The highest BCUT2D eigenvalue weighted by molar-refractivity contribution is 6.30. The molecule has 4 heteroatoms. The van der Waals surface area contributed by atoms with E-state index >= 15 is 0 Å². The third-order valence-electron chi connectivity index (χ3n) is 5.29. The monoisotopic (exact) mass is 401 g/mol. The van der Waals surface area contributed by atoms with Gasteiger partial charge in [0.05, 0.1) is 5.69 Å². The number of hydrogen-bond acceptors (Lipinski definition) is 1. The molecule has 2 heterocycles. The number of rotatable bonds is 4. The first-order chi connectivity index (χ1) is 13.9. The van der Waals surface area contributed by atoms with Crippen molar-refractivity contribution >= 4 is 23.5 Å². The standard InChI is InChI=1S/C25H24ClN3/c1-17-5-6-18(2)28(17)24-13-9-23(10-14-24)27-16-21-15-19(3)29(20(21)4)25-11-7-22(26)8-12-25/h5-16H,1-4H3. The van der Waals surface area contributed by atoms with Gasteiger partial charge in [-0.25, -0.2) is 0 Å². The molecule has 0 aliphatic carbocycles. The van der Waals surface area contributed by atoms with Crippen molar-refractivity contribution in [1.29, 1.82) is 0 Å². The van der Waals surface area contributed by atoms with Gasteiger partial charge in [-0.1, -0.05) is 11.6 Å². The minimum atomic E-state index is 0.742. The van der Waals surface area contributed by atoms with Crippen molar-refractivity contribution in [2.75, 3.05) is 0 Å². The van der Waals surface area contributed by atoms with Gasteiger partial charge in [-0.2, -0.15) is 0 Å². The maximum atomic E-state index is 6.03. The first kappa shape index (κ1) is 19.3. The Morgan fingerprint density at radius 2 is 1.24 bits per heavy atom. The molecule has 146 valence electrons. The summed E-state index contributed by atoms with van der Waals surface area (Å²) in [5.74, 6) is 0. The summed E-state index contributed by atoms with van der Waals surface area (Å²) in [5, 5.41) is 0.742. The van der Waals surface area contributed by atoms with E-state index in [-0.39, 0.29) is 0 Å². The van der Waals surface area contributed by atoms with Crippen LogP contribution in [0.2, 0.25) is 5.02 Å². The lowest BCUT2D eigenvalue weighted by atomic mass is 10.2. The first-order valence-electron chi connectivity index (χ1n) is 9.68. The van der Waals surface area contributed by atoms with Crippen LogP contribution in [-0.4, -0.2) is 15.3 Å². The Morgan fingerprint density at radius 3 is 1.86 bits per heavy atom. The molecule has 0 bridgehead atoms. The van der Waals surface area contributed by atoms with Crippen LogP contribution in [-0.2, 0) is 0 Å². The second-order valence-electron chi connectivity index (χ2n) is 7.36. The molecule has 0 spiro atoms. The molecular formula is C25H24ClN3. The molecule has 4 rings (SSSR count). The second-order valence-corrected chi connectivity index (χ2v) is 7.80. The van der Waals surface area contributed by atoms with Gasteiger partial charge in [0.2, 0.25) is 0 Å². The van der Waals surface area contributed by atoms with Crippen molar-refractivity contribution in [2.45, 2.75) is 27.7 Å². The molecule has 0 saturated carbocycles. The van der Waals surface area contributed by atoms with Gasteiger partial charge in [-0.05, 0) is 94.4 Å². The van der Waals surface area contributed by atoms with Crippen molar-refractivity contribution in [2.24, 2.45) is 4.99 Å². The van der Waals surface area contributed by atoms with Crippen molar-refractivity contribution < 1.29 is 0 Å². The molecule has 2 aromatic heterocycles. The normalized spacial score (nSPS) is 11.5. The first-order valence-corrected chi connectivity index (χ1v) is 10.1. The summed E-state index contributed by atoms with van der Waals surface area (Å²) in [7, 11) is 0. The topological polar surface area (TPSA) is 22.2 Å². The lowest BCUT2D eigenvalue weighted by Gasteiger charge is -2.10. The zero-order valence-corrected chi connectivity index (χ0v) is 17.9. The fourth-order valence-corrected chi connectivity index (χ4v) is 3.94. The van der Waals surface area contributed by atoms with E-state index in [2.05, 4.69) is 79.3 Å². The number of halogens is 1. The van der Waals surface area contributed by atoms with Gasteiger partial charge in [0.1, 0.15) is 0 Å². The molecule has 0 N–H and O–H groups in total. The Bertz CT molecular complexity index is 1160. The van der Waals surface area contributed by atoms with Crippen LogP contribution in [0.5, 0.6) is 0 Å². The van der Waals surface area contributed by atoms with Gasteiger partial charge in [0, 0.05) is 51.0 Å². The lowest BCUT2D eigenvalue weighted by Crippen LogP contribution is -1.99. The summed E-state index contributed by atoms with van der Waals surface area (Å²) in [6.07, 6.45) is 1.94. The molecule has 0 radical (unpaired) electrons. The summed E-state index contributed by atoms with van der Waals surface area (Å²) in [4.78, 5) is 4.70. The van der Waals surface area contributed by atoms with Crippen molar-refractivity contribution in [3.05, 3.63) is 100 Å². The highest BCUT2D eigenvalue weighted by atomic mass is 35.5. The molecule has 29 heavy (non-hydrogen) atoms. The van der Waals surface area contributed by atoms with Crippen molar-refractivity contribution in [1.82, 2.24) is 9.13 Å². The molecule has 0 atom stereocenters. The number of aliphatic imine (C=N–C) groups is 1. The van der Waals surface area contributed by atoms with E-state index in [1.54, 1.807) is 0 Å². The lowest BCUT2D eigenvalue weighted by molar-refractivity contribution is 0.964. The summed E-state index contributed by atoms with van der Waals surface area (Å²) in [5.41, 5.74) is 9.09. The molecular weight excluding hydrogens is 378 g/mol. The molecule has 0 unspecified atom stereocenters. The Kier molecular flexibility index (Phi) is 5.16. The molecule has 0 aliphatic rings. The van der Waals surface area contributed by atoms with Crippen LogP contribution in [0.25, 0.3) is 11.4 Å². The second kappa shape index (κ2) is 7.76. The molecule has 0 fully saturated rings. The minimum absolute atomic E-state index is 0.742. The maximum absolute atomic E-state index is 6.03. The highest BCUT2D eigenvalue weighted by Crippen LogP contribution is 2.23. The van der Waals surface area contributed by atoms with Gasteiger partial charge < -0.3 is 9.13 Å². The van der Waals surface area contributed by atoms with Crippen LogP contribution >= 0.6 is 11.6 Å².